The fraction of sp³-hybridized carbons (Fsp3) is 0.0952. The molecule has 0 aromatic heterocycles. The van der Waals surface area contributed by atoms with Crippen molar-refractivity contribution in [3.63, 3.8) is 0 Å². The van der Waals surface area contributed by atoms with Crippen LogP contribution < -0.4 is 9.47 Å². The van der Waals surface area contributed by atoms with Gasteiger partial charge in [0.25, 0.3) is 0 Å². The lowest BCUT2D eigenvalue weighted by molar-refractivity contribution is -0.0494. The van der Waals surface area contributed by atoms with E-state index in [4.69, 9.17) is 21.4 Å². The highest BCUT2D eigenvalue weighted by Gasteiger charge is 2.13. The summed E-state index contributed by atoms with van der Waals surface area (Å²) in [5.41, 5.74) is 1.98. The minimum Gasteiger partial charge on any atom is -0.489 e. The van der Waals surface area contributed by atoms with Crippen LogP contribution in [0.25, 0.3) is 11.1 Å². The molecule has 0 spiro atoms. The van der Waals surface area contributed by atoms with E-state index in [1.807, 2.05) is 0 Å². The molecule has 3 aromatic rings. The number of carboxylic acid groups (broad SMARTS) is 1. The molecule has 4 nitrogen and oxygen atoms in total. The Morgan fingerprint density at radius 1 is 1.04 bits per heavy atom. The van der Waals surface area contributed by atoms with Gasteiger partial charge >= 0.3 is 12.6 Å². The molecular weight excluding hydrogens is 390 g/mol. The van der Waals surface area contributed by atoms with E-state index in [1.165, 1.54) is 18.2 Å². The molecule has 7 heteroatoms. The highest BCUT2D eigenvalue weighted by Crippen LogP contribution is 2.33. The van der Waals surface area contributed by atoms with Gasteiger partial charge in [-0.3, -0.25) is 0 Å². The average Bonchev–Trinajstić information content (AvgIpc) is 2.67. The molecule has 0 fully saturated rings. The number of alkyl halides is 2. The topological polar surface area (TPSA) is 55.8 Å². The number of hydrogen-bond acceptors (Lipinski definition) is 3. The van der Waals surface area contributed by atoms with Gasteiger partial charge in [0.2, 0.25) is 0 Å². The Hall–Kier alpha value is -3.12. The van der Waals surface area contributed by atoms with E-state index >= 15 is 0 Å². The molecule has 0 atom stereocenters. The average molecular weight is 405 g/mol. The van der Waals surface area contributed by atoms with Gasteiger partial charge < -0.3 is 14.6 Å². The fourth-order valence-electron chi connectivity index (χ4n) is 2.61. The predicted molar refractivity (Wildman–Crippen MR) is 101 cm³/mol. The van der Waals surface area contributed by atoms with Crippen LogP contribution in [0.4, 0.5) is 8.78 Å². The monoisotopic (exact) mass is 404 g/mol. The van der Waals surface area contributed by atoms with Crippen LogP contribution in [0.3, 0.4) is 0 Å². The van der Waals surface area contributed by atoms with Crippen LogP contribution in [0, 0.1) is 0 Å². The van der Waals surface area contributed by atoms with Crippen molar-refractivity contribution in [2.24, 2.45) is 0 Å². The van der Waals surface area contributed by atoms with Crippen molar-refractivity contribution < 1.29 is 28.2 Å². The van der Waals surface area contributed by atoms with Gasteiger partial charge in [0.05, 0.1) is 5.56 Å². The van der Waals surface area contributed by atoms with Gasteiger partial charge in [-0.2, -0.15) is 8.78 Å². The molecule has 0 heterocycles. The third-order valence-corrected chi connectivity index (χ3v) is 4.14. The first-order valence-electron chi connectivity index (χ1n) is 8.22. The van der Waals surface area contributed by atoms with E-state index in [1.54, 1.807) is 48.5 Å². The summed E-state index contributed by atoms with van der Waals surface area (Å²) >= 11 is 6.01. The molecule has 3 aromatic carbocycles. The Kier molecular flexibility index (Phi) is 6.11. The highest BCUT2D eigenvalue weighted by atomic mass is 35.5. The number of carbonyl (C=O) groups is 1. The number of carboxylic acids is 1. The molecule has 28 heavy (non-hydrogen) atoms. The molecule has 0 unspecified atom stereocenters. The second-order valence-electron chi connectivity index (χ2n) is 5.84. The van der Waals surface area contributed by atoms with Crippen molar-refractivity contribution in [2.45, 2.75) is 13.2 Å². The van der Waals surface area contributed by atoms with Crippen LogP contribution in [-0.4, -0.2) is 17.7 Å². The lowest BCUT2D eigenvalue weighted by Gasteiger charge is -2.14. The second kappa shape index (κ2) is 8.71. The number of halogens is 3. The molecule has 0 saturated heterocycles. The van der Waals surface area contributed by atoms with Gasteiger partial charge in [0.15, 0.2) is 0 Å². The van der Waals surface area contributed by atoms with E-state index in [0.29, 0.717) is 21.9 Å². The third-order valence-electron chi connectivity index (χ3n) is 3.90. The Morgan fingerprint density at radius 3 is 2.43 bits per heavy atom. The third kappa shape index (κ3) is 4.98. The molecule has 144 valence electrons. The molecule has 0 amide bonds. The largest absolute Gasteiger partial charge is 0.489 e. The van der Waals surface area contributed by atoms with Gasteiger partial charge in [0.1, 0.15) is 18.1 Å². The van der Waals surface area contributed by atoms with E-state index < -0.39 is 12.6 Å². The molecule has 0 saturated carbocycles. The summed E-state index contributed by atoms with van der Waals surface area (Å²) < 4.78 is 35.8. The molecule has 0 aliphatic rings. The van der Waals surface area contributed by atoms with Crippen LogP contribution in [0.2, 0.25) is 5.02 Å². The van der Waals surface area contributed by atoms with Crippen molar-refractivity contribution in [1.82, 2.24) is 0 Å². The number of rotatable bonds is 7. The molecule has 0 radical (unpaired) electrons. The van der Waals surface area contributed by atoms with E-state index in [2.05, 4.69) is 4.74 Å². The maximum Gasteiger partial charge on any atom is 0.387 e. The summed E-state index contributed by atoms with van der Waals surface area (Å²) in [5.74, 6) is -0.499. The van der Waals surface area contributed by atoms with Crippen LogP contribution in [0.5, 0.6) is 11.5 Å². The first kappa shape index (κ1) is 19.6. The van der Waals surface area contributed by atoms with E-state index in [-0.39, 0.29) is 17.9 Å². The zero-order valence-electron chi connectivity index (χ0n) is 14.4. The van der Waals surface area contributed by atoms with Crippen molar-refractivity contribution in [1.29, 1.82) is 0 Å². The zero-order chi connectivity index (χ0) is 20.1. The van der Waals surface area contributed by atoms with Gasteiger partial charge in [-0.15, -0.1) is 0 Å². The Labute approximate surface area is 164 Å². The summed E-state index contributed by atoms with van der Waals surface area (Å²) in [6, 6.07) is 17.6. The van der Waals surface area contributed by atoms with Crippen LogP contribution >= 0.6 is 11.6 Å². The quantitative estimate of drug-likeness (QED) is 0.533. The molecular formula is C21H15ClF2O4. The number of benzene rings is 3. The summed E-state index contributed by atoms with van der Waals surface area (Å²) in [5, 5.41) is 9.39. The van der Waals surface area contributed by atoms with Gasteiger partial charge in [-0.1, -0.05) is 29.8 Å². The molecule has 0 bridgehead atoms. The van der Waals surface area contributed by atoms with Crippen molar-refractivity contribution >= 4 is 17.6 Å². The van der Waals surface area contributed by atoms with E-state index in [0.717, 1.165) is 5.56 Å². The fourth-order valence-corrected chi connectivity index (χ4v) is 2.80. The number of ether oxygens (including phenoxy) is 2. The van der Waals surface area contributed by atoms with Gasteiger partial charge in [-0.25, -0.2) is 4.79 Å². The van der Waals surface area contributed by atoms with Crippen molar-refractivity contribution in [3.05, 3.63) is 82.9 Å². The number of aromatic carboxylic acids is 1. The zero-order valence-corrected chi connectivity index (χ0v) is 15.2. The Balaban J connectivity index is 1.83. The summed E-state index contributed by atoms with van der Waals surface area (Å²) in [7, 11) is 0. The van der Waals surface area contributed by atoms with Crippen LogP contribution in [0.15, 0.2) is 66.7 Å². The van der Waals surface area contributed by atoms with E-state index in [9.17, 15) is 13.6 Å². The maximum atomic E-state index is 12.7. The summed E-state index contributed by atoms with van der Waals surface area (Å²) in [6.45, 7) is -2.79. The standard InChI is InChI=1S/C21H15ClF2O4/c22-16-3-1-2-15(11-16)18-10-13(4-9-19(18)28-21(23)24)12-27-17-7-5-14(6-8-17)20(25)26/h1-11,21H,12H2,(H,25,26). The maximum absolute atomic E-state index is 12.7. The minimum atomic E-state index is -2.95. The molecule has 1 N–H and O–H groups in total. The first-order valence-corrected chi connectivity index (χ1v) is 8.60. The van der Waals surface area contributed by atoms with Crippen molar-refractivity contribution in [3.8, 4) is 22.6 Å². The lowest BCUT2D eigenvalue weighted by Crippen LogP contribution is -2.04. The minimum absolute atomic E-state index is 0.0341. The Morgan fingerprint density at radius 2 is 1.79 bits per heavy atom. The van der Waals surface area contributed by atoms with Crippen molar-refractivity contribution in [2.75, 3.05) is 0 Å². The Bertz CT molecular complexity index is 974. The van der Waals surface area contributed by atoms with Gasteiger partial charge in [0, 0.05) is 10.6 Å². The summed E-state index contributed by atoms with van der Waals surface area (Å²) in [4.78, 5) is 10.9. The molecule has 3 rings (SSSR count). The highest BCUT2D eigenvalue weighted by molar-refractivity contribution is 6.30. The number of hydrogen-bond donors (Lipinski definition) is 1. The predicted octanol–water partition coefficient (Wildman–Crippen LogP) is 5.89. The normalized spacial score (nSPS) is 10.7. The molecule has 0 aliphatic heterocycles. The lowest BCUT2D eigenvalue weighted by atomic mass is 10.0. The first-order chi connectivity index (χ1) is 13.4. The smallest absolute Gasteiger partial charge is 0.387 e. The molecule has 0 aliphatic carbocycles. The van der Waals surface area contributed by atoms with Crippen LogP contribution in [0.1, 0.15) is 15.9 Å². The SMILES string of the molecule is O=C(O)c1ccc(OCc2ccc(OC(F)F)c(-c3cccc(Cl)c3)c2)cc1. The van der Waals surface area contributed by atoms with Crippen LogP contribution in [-0.2, 0) is 6.61 Å². The second-order valence-corrected chi connectivity index (χ2v) is 6.27. The van der Waals surface area contributed by atoms with Gasteiger partial charge in [-0.05, 0) is 59.7 Å². The summed E-state index contributed by atoms with van der Waals surface area (Å²) in [6.07, 6.45) is 0.